The van der Waals surface area contributed by atoms with Crippen molar-refractivity contribution in [3.05, 3.63) is 59.7 Å². The van der Waals surface area contributed by atoms with Crippen molar-refractivity contribution in [2.75, 3.05) is 18.5 Å². The molecule has 1 aliphatic heterocycles. The van der Waals surface area contributed by atoms with Crippen LogP contribution in [0.5, 0.6) is 5.75 Å². The number of amides is 1. The molecule has 1 amide bonds. The molecule has 0 aromatic heterocycles. The average Bonchev–Trinajstić information content (AvgIpc) is 2.63. The lowest BCUT2D eigenvalue weighted by Gasteiger charge is -2.36. The maximum absolute atomic E-state index is 13.1. The molecule has 0 aliphatic carbocycles. The monoisotopic (exact) mass is 379 g/mol. The van der Waals surface area contributed by atoms with Crippen LogP contribution in [-0.4, -0.2) is 25.5 Å². The van der Waals surface area contributed by atoms with Gasteiger partial charge in [0, 0.05) is 18.9 Å². The zero-order valence-electron chi connectivity index (χ0n) is 14.8. The second-order valence-electron chi connectivity index (χ2n) is 6.59. The van der Waals surface area contributed by atoms with Crippen LogP contribution < -0.4 is 10.1 Å². The van der Waals surface area contributed by atoms with Crippen LogP contribution in [0.25, 0.3) is 0 Å². The van der Waals surface area contributed by atoms with Crippen LogP contribution in [-0.2, 0) is 14.9 Å². The van der Waals surface area contributed by atoms with Gasteiger partial charge in [-0.2, -0.15) is 0 Å². The van der Waals surface area contributed by atoms with Gasteiger partial charge in [-0.05, 0) is 49.6 Å². The summed E-state index contributed by atoms with van der Waals surface area (Å²) in [5.74, 6) is -0.529. The molecule has 7 heteroatoms. The molecule has 0 spiro atoms. The molecule has 0 bridgehead atoms. The molecule has 1 aliphatic rings. The van der Waals surface area contributed by atoms with Crippen LogP contribution in [0.15, 0.2) is 48.5 Å². The Bertz CT molecular complexity index is 780. The molecule has 4 nitrogen and oxygen atoms in total. The first-order chi connectivity index (χ1) is 12.8. The highest BCUT2D eigenvalue weighted by Crippen LogP contribution is 2.36. The quantitative estimate of drug-likeness (QED) is 0.846. The summed E-state index contributed by atoms with van der Waals surface area (Å²) in [5, 5.41) is 2.82. The number of anilines is 1. The molecule has 2 aromatic rings. The van der Waals surface area contributed by atoms with Crippen molar-refractivity contribution in [3.63, 3.8) is 0 Å². The molecule has 0 saturated carbocycles. The molecule has 1 saturated heterocycles. The summed E-state index contributed by atoms with van der Waals surface area (Å²) in [6.45, 7) is 2.92. The number of hydrogen-bond acceptors (Lipinski definition) is 3. The van der Waals surface area contributed by atoms with Crippen molar-refractivity contribution in [1.29, 1.82) is 0 Å². The summed E-state index contributed by atoms with van der Waals surface area (Å²) in [6, 6.07) is 12.9. The first kappa shape index (κ1) is 19.2. The van der Waals surface area contributed by atoms with Crippen LogP contribution in [0, 0.1) is 6.92 Å². The Balaban J connectivity index is 1.80. The number of benzene rings is 2. The first-order valence-corrected chi connectivity index (χ1v) is 8.61. The van der Waals surface area contributed by atoms with Gasteiger partial charge in [0.25, 0.3) is 0 Å². The van der Waals surface area contributed by atoms with Crippen LogP contribution >= 0.6 is 0 Å². The van der Waals surface area contributed by atoms with Crippen LogP contribution in [0.2, 0.25) is 0 Å². The van der Waals surface area contributed by atoms with Gasteiger partial charge in [0.15, 0.2) is 0 Å². The van der Waals surface area contributed by atoms with Crippen molar-refractivity contribution in [3.8, 4) is 5.75 Å². The van der Waals surface area contributed by atoms with Gasteiger partial charge >= 0.3 is 6.36 Å². The second-order valence-corrected chi connectivity index (χ2v) is 6.59. The van der Waals surface area contributed by atoms with Gasteiger partial charge in [-0.1, -0.05) is 29.8 Å². The Morgan fingerprint density at radius 3 is 2.19 bits per heavy atom. The first-order valence-electron chi connectivity index (χ1n) is 8.61. The highest BCUT2D eigenvalue weighted by Gasteiger charge is 2.41. The molecule has 0 unspecified atom stereocenters. The summed E-state index contributed by atoms with van der Waals surface area (Å²) in [7, 11) is 0. The van der Waals surface area contributed by atoms with Crippen molar-refractivity contribution < 1.29 is 27.4 Å². The van der Waals surface area contributed by atoms with Gasteiger partial charge in [-0.25, -0.2) is 0 Å². The number of carbonyl (C=O) groups excluding carboxylic acids is 1. The lowest BCUT2D eigenvalue weighted by molar-refractivity contribution is -0.274. The number of carbonyl (C=O) groups is 1. The zero-order valence-corrected chi connectivity index (χ0v) is 14.8. The van der Waals surface area contributed by atoms with E-state index < -0.39 is 11.8 Å². The van der Waals surface area contributed by atoms with E-state index in [0.29, 0.717) is 31.7 Å². The predicted octanol–water partition coefficient (Wildman–Crippen LogP) is 4.58. The fraction of sp³-hybridized carbons (Fsp3) is 0.350. The number of alkyl halides is 3. The molecule has 2 aromatic carbocycles. The molecule has 3 rings (SSSR count). The van der Waals surface area contributed by atoms with E-state index in [4.69, 9.17) is 4.74 Å². The van der Waals surface area contributed by atoms with Gasteiger partial charge in [-0.3, -0.25) is 4.79 Å². The molecular weight excluding hydrogens is 359 g/mol. The highest BCUT2D eigenvalue weighted by molar-refractivity contribution is 5.99. The third-order valence-electron chi connectivity index (χ3n) is 4.73. The number of rotatable bonds is 4. The molecule has 0 atom stereocenters. The summed E-state index contributed by atoms with van der Waals surface area (Å²) >= 11 is 0. The van der Waals surface area contributed by atoms with Crippen molar-refractivity contribution in [2.45, 2.75) is 31.5 Å². The Morgan fingerprint density at radius 2 is 1.63 bits per heavy atom. The minimum absolute atomic E-state index is 0.195. The Morgan fingerprint density at radius 1 is 1.04 bits per heavy atom. The largest absolute Gasteiger partial charge is 0.573 e. The summed E-state index contributed by atoms with van der Waals surface area (Å²) < 4.78 is 46.1. The Kier molecular flexibility index (Phi) is 5.41. The van der Waals surface area contributed by atoms with Gasteiger partial charge < -0.3 is 14.8 Å². The van der Waals surface area contributed by atoms with Crippen molar-refractivity contribution in [1.82, 2.24) is 0 Å². The zero-order chi connectivity index (χ0) is 19.5. The molecular formula is C20H20F3NO3. The molecule has 144 valence electrons. The second kappa shape index (κ2) is 7.60. The molecule has 1 fully saturated rings. The van der Waals surface area contributed by atoms with Gasteiger partial charge in [0.1, 0.15) is 5.75 Å². The van der Waals surface area contributed by atoms with E-state index in [-0.39, 0.29) is 11.7 Å². The van der Waals surface area contributed by atoms with E-state index >= 15 is 0 Å². The average molecular weight is 379 g/mol. The molecule has 1 N–H and O–H groups in total. The Labute approximate surface area is 155 Å². The minimum Gasteiger partial charge on any atom is -0.406 e. The van der Waals surface area contributed by atoms with Gasteiger partial charge in [0.05, 0.1) is 5.41 Å². The molecule has 1 heterocycles. The fourth-order valence-electron chi connectivity index (χ4n) is 3.23. The van der Waals surface area contributed by atoms with Crippen LogP contribution in [0.3, 0.4) is 0 Å². The molecule has 0 radical (unpaired) electrons. The molecule has 27 heavy (non-hydrogen) atoms. The smallest absolute Gasteiger partial charge is 0.406 e. The summed E-state index contributed by atoms with van der Waals surface area (Å²) in [5.41, 5.74) is 1.69. The number of aryl methyl sites for hydroxylation is 1. The lowest BCUT2D eigenvalue weighted by Crippen LogP contribution is -2.44. The number of halogens is 3. The fourth-order valence-corrected chi connectivity index (χ4v) is 3.23. The van der Waals surface area contributed by atoms with Crippen molar-refractivity contribution >= 4 is 11.6 Å². The number of nitrogens with one attached hydrogen (secondary N) is 1. The third-order valence-corrected chi connectivity index (χ3v) is 4.73. The SMILES string of the molecule is Cc1ccc(C2(C(=O)Nc3ccc(OC(F)(F)F)cc3)CCOCC2)cc1. The van der Waals surface area contributed by atoms with Crippen molar-refractivity contribution in [2.24, 2.45) is 0 Å². The van der Waals surface area contributed by atoms with E-state index in [1.807, 2.05) is 31.2 Å². The minimum atomic E-state index is -4.75. The number of hydrogen-bond donors (Lipinski definition) is 1. The van der Waals surface area contributed by atoms with Crippen LogP contribution in [0.4, 0.5) is 18.9 Å². The lowest BCUT2D eigenvalue weighted by atomic mass is 9.73. The normalized spacial score (nSPS) is 16.6. The standard InChI is InChI=1S/C20H20F3NO3/c1-14-2-4-15(5-3-14)19(10-12-26-13-11-19)18(25)24-16-6-8-17(9-7-16)27-20(21,22)23/h2-9H,10-13H2,1H3,(H,24,25). The number of ether oxygens (including phenoxy) is 2. The topological polar surface area (TPSA) is 47.6 Å². The summed E-state index contributed by atoms with van der Waals surface area (Å²) in [4.78, 5) is 13.1. The van der Waals surface area contributed by atoms with E-state index in [1.165, 1.54) is 24.3 Å². The maximum Gasteiger partial charge on any atom is 0.573 e. The maximum atomic E-state index is 13.1. The van der Waals surface area contributed by atoms with E-state index in [0.717, 1.165) is 11.1 Å². The van der Waals surface area contributed by atoms with E-state index in [2.05, 4.69) is 10.1 Å². The van der Waals surface area contributed by atoms with Gasteiger partial charge in [-0.15, -0.1) is 13.2 Å². The highest BCUT2D eigenvalue weighted by atomic mass is 19.4. The van der Waals surface area contributed by atoms with E-state index in [1.54, 1.807) is 0 Å². The summed E-state index contributed by atoms with van der Waals surface area (Å²) in [6.07, 6.45) is -3.67. The Hall–Kier alpha value is -2.54. The van der Waals surface area contributed by atoms with E-state index in [9.17, 15) is 18.0 Å². The van der Waals surface area contributed by atoms with Gasteiger partial charge in [0.2, 0.25) is 5.91 Å². The predicted molar refractivity (Wildman–Crippen MR) is 94.7 cm³/mol. The third kappa shape index (κ3) is 4.60. The van der Waals surface area contributed by atoms with Crippen LogP contribution in [0.1, 0.15) is 24.0 Å².